The molecule has 0 spiro atoms. The average Bonchev–Trinajstić information content (AvgIpc) is 3.08. The highest BCUT2D eigenvalue weighted by Crippen LogP contribution is 2.25. The van der Waals surface area contributed by atoms with Crippen LogP contribution in [-0.2, 0) is 0 Å². The number of nitrogens with one attached hydrogen (secondary N) is 1. The van der Waals surface area contributed by atoms with Crippen molar-refractivity contribution in [2.45, 2.75) is 25.3 Å². The monoisotopic (exact) mass is 263 g/mol. The van der Waals surface area contributed by atoms with Gasteiger partial charge in [-0.1, -0.05) is 0 Å². The van der Waals surface area contributed by atoms with E-state index in [1.807, 2.05) is 6.07 Å². The van der Waals surface area contributed by atoms with Gasteiger partial charge in [-0.15, -0.1) is 0 Å². The molecule has 2 aliphatic rings. The molecule has 104 valence electrons. The van der Waals surface area contributed by atoms with Crippen LogP contribution in [0.3, 0.4) is 0 Å². The van der Waals surface area contributed by atoms with Gasteiger partial charge in [0, 0.05) is 25.2 Å². The molecule has 5 N–H and O–H groups in total. The molecule has 3 rings (SSSR count). The van der Waals surface area contributed by atoms with Gasteiger partial charge in [0.2, 0.25) is 5.95 Å². The Kier molecular flexibility index (Phi) is 3.39. The fourth-order valence-corrected chi connectivity index (χ4v) is 3.04. The van der Waals surface area contributed by atoms with Crippen molar-refractivity contribution >= 4 is 17.6 Å². The predicted octanol–water partition coefficient (Wildman–Crippen LogP) is 0.0189. The first-order valence-electron chi connectivity index (χ1n) is 6.86. The quantitative estimate of drug-likeness (QED) is 0.522. The van der Waals surface area contributed by atoms with Gasteiger partial charge in [0.25, 0.3) is 0 Å². The van der Waals surface area contributed by atoms with Crippen LogP contribution in [-0.4, -0.2) is 47.1 Å². The first-order chi connectivity index (χ1) is 9.26. The SMILES string of the molecule is NNc1cc(N2CCC(N3CCCC3)C2)nc(N)n1. The Balaban J connectivity index is 1.71. The summed E-state index contributed by atoms with van der Waals surface area (Å²) < 4.78 is 0. The van der Waals surface area contributed by atoms with Crippen molar-refractivity contribution in [3.63, 3.8) is 0 Å². The second kappa shape index (κ2) is 5.18. The number of nitrogens with zero attached hydrogens (tertiary/aromatic N) is 4. The number of nitrogen functional groups attached to an aromatic ring is 2. The second-order valence-electron chi connectivity index (χ2n) is 5.25. The molecule has 7 heteroatoms. The zero-order valence-corrected chi connectivity index (χ0v) is 11.0. The molecule has 0 aliphatic carbocycles. The molecule has 0 radical (unpaired) electrons. The number of likely N-dealkylation sites (tertiary alicyclic amines) is 1. The van der Waals surface area contributed by atoms with Crippen molar-refractivity contribution in [3.8, 4) is 0 Å². The summed E-state index contributed by atoms with van der Waals surface area (Å²) in [6, 6.07) is 2.50. The van der Waals surface area contributed by atoms with Crippen molar-refractivity contribution in [3.05, 3.63) is 6.07 Å². The maximum Gasteiger partial charge on any atom is 0.223 e. The first-order valence-corrected chi connectivity index (χ1v) is 6.86. The third kappa shape index (κ3) is 2.57. The summed E-state index contributed by atoms with van der Waals surface area (Å²) >= 11 is 0. The van der Waals surface area contributed by atoms with E-state index in [9.17, 15) is 0 Å². The smallest absolute Gasteiger partial charge is 0.223 e. The van der Waals surface area contributed by atoms with Crippen LogP contribution in [0.4, 0.5) is 17.6 Å². The molecule has 1 aromatic rings. The molecular weight excluding hydrogens is 242 g/mol. The lowest BCUT2D eigenvalue weighted by atomic mass is 10.2. The second-order valence-corrected chi connectivity index (χ2v) is 5.25. The van der Waals surface area contributed by atoms with Gasteiger partial charge in [-0.3, -0.25) is 4.90 Å². The van der Waals surface area contributed by atoms with E-state index in [-0.39, 0.29) is 5.95 Å². The molecule has 0 amide bonds. The number of anilines is 3. The zero-order valence-electron chi connectivity index (χ0n) is 11.0. The average molecular weight is 263 g/mol. The fraction of sp³-hybridized carbons (Fsp3) is 0.667. The Bertz CT molecular complexity index is 444. The van der Waals surface area contributed by atoms with Gasteiger partial charge in [0.1, 0.15) is 11.6 Å². The third-order valence-corrected chi connectivity index (χ3v) is 4.02. The molecular formula is C12H21N7. The van der Waals surface area contributed by atoms with Gasteiger partial charge in [-0.05, 0) is 32.4 Å². The van der Waals surface area contributed by atoms with Gasteiger partial charge in [0.15, 0.2) is 0 Å². The van der Waals surface area contributed by atoms with E-state index in [0.29, 0.717) is 11.9 Å². The predicted molar refractivity (Wildman–Crippen MR) is 75.7 cm³/mol. The zero-order chi connectivity index (χ0) is 13.2. The maximum absolute atomic E-state index is 5.70. The molecule has 2 fully saturated rings. The molecule has 0 bridgehead atoms. The van der Waals surface area contributed by atoms with Crippen LogP contribution in [0, 0.1) is 0 Å². The molecule has 0 saturated carbocycles. The highest BCUT2D eigenvalue weighted by Gasteiger charge is 2.30. The molecule has 2 saturated heterocycles. The summed E-state index contributed by atoms with van der Waals surface area (Å²) in [7, 11) is 0. The van der Waals surface area contributed by atoms with Crippen LogP contribution in [0.1, 0.15) is 19.3 Å². The molecule has 1 atom stereocenters. The van der Waals surface area contributed by atoms with E-state index in [2.05, 4.69) is 25.2 Å². The minimum atomic E-state index is 0.259. The van der Waals surface area contributed by atoms with E-state index in [0.717, 1.165) is 18.9 Å². The Hall–Kier alpha value is -1.60. The van der Waals surface area contributed by atoms with Crippen LogP contribution >= 0.6 is 0 Å². The fourth-order valence-electron chi connectivity index (χ4n) is 3.04. The third-order valence-electron chi connectivity index (χ3n) is 4.02. The van der Waals surface area contributed by atoms with E-state index in [1.165, 1.54) is 32.4 Å². The van der Waals surface area contributed by atoms with Crippen molar-refractivity contribution < 1.29 is 0 Å². The van der Waals surface area contributed by atoms with Gasteiger partial charge in [-0.25, -0.2) is 5.84 Å². The number of rotatable bonds is 3. The summed E-state index contributed by atoms with van der Waals surface area (Å²) in [6.45, 7) is 4.50. The highest BCUT2D eigenvalue weighted by atomic mass is 15.3. The van der Waals surface area contributed by atoms with Crippen molar-refractivity contribution in [1.29, 1.82) is 0 Å². The highest BCUT2D eigenvalue weighted by molar-refractivity contribution is 5.52. The van der Waals surface area contributed by atoms with Crippen LogP contribution in [0.5, 0.6) is 0 Å². The first kappa shape index (κ1) is 12.4. The molecule has 3 heterocycles. The molecule has 1 unspecified atom stereocenters. The Labute approximate surface area is 112 Å². The van der Waals surface area contributed by atoms with E-state index < -0.39 is 0 Å². The van der Waals surface area contributed by atoms with Crippen molar-refractivity contribution in [2.75, 3.05) is 42.2 Å². The van der Waals surface area contributed by atoms with Gasteiger partial charge in [-0.2, -0.15) is 9.97 Å². The summed E-state index contributed by atoms with van der Waals surface area (Å²) in [5.74, 6) is 7.08. The van der Waals surface area contributed by atoms with Gasteiger partial charge < -0.3 is 16.1 Å². The van der Waals surface area contributed by atoms with Crippen LogP contribution in [0.15, 0.2) is 6.07 Å². The standard InChI is InChI=1S/C12H21N7/c13-12-15-10(17-14)7-11(16-12)19-6-3-9(8-19)18-4-1-2-5-18/h7,9H,1-6,8,14H2,(H3,13,15,16,17). The van der Waals surface area contributed by atoms with Crippen molar-refractivity contribution in [1.82, 2.24) is 14.9 Å². The lowest BCUT2D eigenvalue weighted by Gasteiger charge is -2.24. The van der Waals surface area contributed by atoms with E-state index in [4.69, 9.17) is 11.6 Å². The van der Waals surface area contributed by atoms with Gasteiger partial charge in [0.05, 0.1) is 0 Å². The molecule has 19 heavy (non-hydrogen) atoms. The van der Waals surface area contributed by atoms with Gasteiger partial charge >= 0.3 is 0 Å². The lowest BCUT2D eigenvalue weighted by Crippen LogP contribution is -2.35. The summed E-state index contributed by atoms with van der Waals surface area (Å²) in [6.07, 6.45) is 3.85. The minimum absolute atomic E-state index is 0.259. The lowest BCUT2D eigenvalue weighted by molar-refractivity contribution is 0.260. The number of nitrogens with two attached hydrogens (primary N) is 2. The number of hydrogen-bond donors (Lipinski definition) is 3. The van der Waals surface area contributed by atoms with Crippen LogP contribution < -0.4 is 21.9 Å². The number of hydrogen-bond acceptors (Lipinski definition) is 7. The summed E-state index contributed by atoms with van der Waals surface area (Å²) in [5.41, 5.74) is 8.23. The van der Waals surface area contributed by atoms with Crippen molar-refractivity contribution in [2.24, 2.45) is 5.84 Å². The Morgan fingerprint density at radius 1 is 1.21 bits per heavy atom. The largest absolute Gasteiger partial charge is 0.368 e. The molecule has 1 aromatic heterocycles. The summed E-state index contributed by atoms with van der Waals surface area (Å²) in [4.78, 5) is 13.2. The topological polar surface area (TPSA) is 96.3 Å². The molecule has 0 aromatic carbocycles. The number of hydrazine groups is 1. The maximum atomic E-state index is 5.70. The van der Waals surface area contributed by atoms with Crippen LogP contribution in [0.25, 0.3) is 0 Å². The number of aromatic nitrogens is 2. The molecule has 2 aliphatic heterocycles. The summed E-state index contributed by atoms with van der Waals surface area (Å²) in [5, 5.41) is 0. The van der Waals surface area contributed by atoms with E-state index >= 15 is 0 Å². The minimum Gasteiger partial charge on any atom is -0.368 e. The normalized spacial score (nSPS) is 24.1. The Morgan fingerprint density at radius 3 is 2.74 bits per heavy atom. The van der Waals surface area contributed by atoms with Crippen LogP contribution in [0.2, 0.25) is 0 Å². The Morgan fingerprint density at radius 2 is 2.00 bits per heavy atom. The molecule has 7 nitrogen and oxygen atoms in total. The van der Waals surface area contributed by atoms with E-state index in [1.54, 1.807) is 0 Å².